The van der Waals surface area contributed by atoms with Crippen molar-refractivity contribution >= 4 is 23.2 Å². The van der Waals surface area contributed by atoms with Crippen molar-refractivity contribution < 1.29 is 19.4 Å². The first-order valence-corrected chi connectivity index (χ1v) is 7.10. The topological polar surface area (TPSA) is 55.8 Å². The fourth-order valence-corrected chi connectivity index (χ4v) is 2.67. The van der Waals surface area contributed by atoms with Crippen LogP contribution in [0.3, 0.4) is 0 Å². The van der Waals surface area contributed by atoms with Crippen LogP contribution in [0.4, 0.5) is 0 Å². The van der Waals surface area contributed by atoms with E-state index in [4.69, 9.17) is 9.47 Å². The number of allylic oxidation sites excluding steroid dienone is 1. The number of methoxy groups -OCH3 is 2. The lowest BCUT2D eigenvalue weighted by Crippen LogP contribution is -2.00. The molecule has 21 heavy (non-hydrogen) atoms. The van der Waals surface area contributed by atoms with Crippen LogP contribution in [0.25, 0.3) is 6.08 Å². The lowest BCUT2D eigenvalue weighted by atomic mass is 10.1. The molecule has 0 saturated heterocycles. The minimum atomic E-state index is -0.321. The van der Waals surface area contributed by atoms with E-state index >= 15 is 0 Å². The van der Waals surface area contributed by atoms with Gasteiger partial charge in [-0.2, -0.15) is 0 Å². The minimum absolute atomic E-state index is 0.128. The number of ketones is 1. The first-order chi connectivity index (χ1) is 10.0. The second-order valence-electron chi connectivity index (χ2n) is 4.37. The molecule has 0 spiro atoms. The number of rotatable bonds is 5. The maximum atomic E-state index is 12.3. The van der Waals surface area contributed by atoms with Crippen LogP contribution in [0, 0.1) is 6.92 Å². The normalized spacial score (nSPS) is 10.8. The van der Waals surface area contributed by atoms with Crippen LogP contribution in [-0.4, -0.2) is 25.1 Å². The highest BCUT2D eigenvalue weighted by molar-refractivity contribution is 7.12. The summed E-state index contributed by atoms with van der Waals surface area (Å²) >= 11 is 1.59. The number of thiophene rings is 1. The van der Waals surface area contributed by atoms with Crippen molar-refractivity contribution in [3.63, 3.8) is 0 Å². The molecule has 0 amide bonds. The smallest absolute Gasteiger partial charge is 0.193 e. The molecule has 1 N–H and O–H groups in total. The summed E-state index contributed by atoms with van der Waals surface area (Å²) in [5.74, 6) is 0.226. The van der Waals surface area contributed by atoms with Crippen molar-refractivity contribution in [2.45, 2.75) is 6.92 Å². The van der Waals surface area contributed by atoms with Gasteiger partial charge in [-0.25, -0.2) is 0 Å². The number of phenols is 1. The largest absolute Gasteiger partial charge is 0.507 e. The van der Waals surface area contributed by atoms with Crippen LogP contribution in [0.1, 0.15) is 20.1 Å². The lowest BCUT2D eigenvalue weighted by molar-refractivity contribution is 0.104. The van der Waals surface area contributed by atoms with E-state index in [0.717, 1.165) is 4.88 Å². The number of ether oxygens (including phenoxy) is 2. The van der Waals surface area contributed by atoms with E-state index in [0.29, 0.717) is 5.75 Å². The number of phenolic OH excluding ortho intramolecular Hbond substituents is 1. The SMILES string of the molecule is COc1cc(O)c(C(=O)/C=C/c2ccc(C)s2)c(OC)c1. The molecule has 4 nitrogen and oxygen atoms in total. The number of aromatic hydroxyl groups is 1. The van der Waals surface area contributed by atoms with E-state index in [1.54, 1.807) is 23.5 Å². The van der Waals surface area contributed by atoms with Crippen molar-refractivity contribution in [2.24, 2.45) is 0 Å². The molecule has 0 aliphatic rings. The molecule has 1 heterocycles. The van der Waals surface area contributed by atoms with Crippen LogP contribution in [-0.2, 0) is 0 Å². The van der Waals surface area contributed by atoms with Crippen LogP contribution in [0.5, 0.6) is 17.2 Å². The third-order valence-corrected chi connectivity index (χ3v) is 3.88. The number of hydrogen-bond acceptors (Lipinski definition) is 5. The molecule has 0 aliphatic heterocycles. The zero-order chi connectivity index (χ0) is 15.4. The minimum Gasteiger partial charge on any atom is -0.507 e. The monoisotopic (exact) mass is 304 g/mol. The zero-order valence-corrected chi connectivity index (χ0v) is 12.9. The van der Waals surface area contributed by atoms with Crippen LogP contribution < -0.4 is 9.47 Å². The van der Waals surface area contributed by atoms with Gasteiger partial charge < -0.3 is 14.6 Å². The predicted octanol–water partition coefficient (Wildman–Crippen LogP) is 3.68. The quantitative estimate of drug-likeness (QED) is 0.676. The molecular weight excluding hydrogens is 288 g/mol. The summed E-state index contributed by atoms with van der Waals surface area (Å²) in [4.78, 5) is 14.4. The van der Waals surface area contributed by atoms with E-state index < -0.39 is 0 Å². The number of hydrogen-bond donors (Lipinski definition) is 1. The third kappa shape index (κ3) is 3.44. The van der Waals surface area contributed by atoms with Gasteiger partial charge >= 0.3 is 0 Å². The molecule has 110 valence electrons. The summed E-state index contributed by atoms with van der Waals surface area (Å²) < 4.78 is 10.2. The van der Waals surface area contributed by atoms with Gasteiger partial charge in [0.1, 0.15) is 22.8 Å². The molecule has 0 bridgehead atoms. The van der Waals surface area contributed by atoms with Crippen LogP contribution >= 0.6 is 11.3 Å². The Morgan fingerprint density at radius 2 is 2.00 bits per heavy atom. The molecule has 5 heteroatoms. The Hall–Kier alpha value is -2.27. The highest BCUT2D eigenvalue weighted by atomic mass is 32.1. The molecule has 0 atom stereocenters. The van der Waals surface area contributed by atoms with Gasteiger partial charge in [0.25, 0.3) is 0 Å². The summed E-state index contributed by atoms with van der Waals surface area (Å²) in [5.41, 5.74) is 0.128. The standard InChI is InChI=1S/C16H16O4S/c1-10-4-5-12(21-10)6-7-13(17)16-14(18)8-11(19-2)9-15(16)20-3/h4-9,18H,1-3H3/b7-6+. The Balaban J connectivity index is 2.32. The zero-order valence-electron chi connectivity index (χ0n) is 12.0. The fourth-order valence-electron chi connectivity index (χ4n) is 1.89. The Kier molecular flexibility index (Phi) is 4.65. The van der Waals surface area contributed by atoms with Gasteiger partial charge in [0.15, 0.2) is 5.78 Å². The van der Waals surface area contributed by atoms with Crippen molar-refractivity contribution in [1.29, 1.82) is 0 Å². The van der Waals surface area contributed by atoms with Gasteiger partial charge in [-0.05, 0) is 31.2 Å². The Morgan fingerprint density at radius 3 is 2.57 bits per heavy atom. The van der Waals surface area contributed by atoms with Gasteiger partial charge in [-0.1, -0.05) is 0 Å². The van der Waals surface area contributed by atoms with Gasteiger partial charge in [-0.15, -0.1) is 11.3 Å². The van der Waals surface area contributed by atoms with Crippen molar-refractivity contribution in [1.82, 2.24) is 0 Å². The van der Waals surface area contributed by atoms with Gasteiger partial charge in [0.2, 0.25) is 0 Å². The summed E-state index contributed by atoms with van der Waals surface area (Å²) in [6.07, 6.45) is 3.15. The van der Waals surface area contributed by atoms with Gasteiger partial charge in [0, 0.05) is 21.9 Å². The predicted molar refractivity (Wildman–Crippen MR) is 83.6 cm³/mol. The summed E-state index contributed by atoms with van der Waals surface area (Å²) in [6.45, 7) is 2.00. The third-order valence-electron chi connectivity index (χ3n) is 2.92. The highest BCUT2D eigenvalue weighted by Gasteiger charge is 2.17. The number of carbonyl (C=O) groups excluding carboxylic acids is 1. The van der Waals surface area contributed by atoms with E-state index in [9.17, 15) is 9.90 Å². The average molecular weight is 304 g/mol. The van der Waals surface area contributed by atoms with E-state index in [2.05, 4.69) is 0 Å². The van der Waals surface area contributed by atoms with Crippen molar-refractivity contribution in [2.75, 3.05) is 14.2 Å². The maximum Gasteiger partial charge on any atom is 0.193 e. The Morgan fingerprint density at radius 1 is 1.24 bits per heavy atom. The van der Waals surface area contributed by atoms with E-state index in [1.807, 2.05) is 19.1 Å². The van der Waals surface area contributed by atoms with Gasteiger partial charge in [0.05, 0.1) is 14.2 Å². The average Bonchev–Trinajstić information content (AvgIpc) is 2.89. The molecule has 2 aromatic rings. The number of benzene rings is 1. The van der Waals surface area contributed by atoms with E-state index in [1.165, 1.54) is 31.2 Å². The molecule has 0 saturated carbocycles. The van der Waals surface area contributed by atoms with Crippen LogP contribution in [0.15, 0.2) is 30.3 Å². The second kappa shape index (κ2) is 6.45. The molecule has 0 fully saturated rings. The maximum absolute atomic E-state index is 12.3. The summed E-state index contributed by atoms with van der Waals surface area (Å²) in [7, 11) is 2.92. The van der Waals surface area contributed by atoms with Crippen LogP contribution in [0.2, 0.25) is 0 Å². The lowest BCUT2D eigenvalue weighted by Gasteiger charge is -2.10. The molecule has 0 radical (unpaired) electrons. The molecule has 1 aromatic carbocycles. The highest BCUT2D eigenvalue weighted by Crippen LogP contribution is 2.34. The first-order valence-electron chi connectivity index (χ1n) is 6.29. The van der Waals surface area contributed by atoms with Crippen molar-refractivity contribution in [3.8, 4) is 17.2 Å². The molecule has 1 aromatic heterocycles. The summed E-state index contributed by atoms with van der Waals surface area (Å²) in [6, 6.07) is 6.88. The van der Waals surface area contributed by atoms with Crippen molar-refractivity contribution in [3.05, 3.63) is 45.7 Å². The Bertz CT molecular complexity index is 686. The molecule has 2 rings (SSSR count). The number of carbonyl (C=O) groups is 1. The fraction of sp³-hybridized carbons (Fsp3) is 0.188. The van der Waals surface area contributed by atoms with E-state index in [-0.39, 0.29) is 22.8 Å². The Labute approximate surface area is 127 Å². The molecular formula is C16H16O4S. The second-order valence-corrected chi connectivity index (χ2v) is 5.69. The summed E-state index contributed by atoms with van der Waals surface area (Å²) in [5, 5.41) is 9.99. The number of aryl methyl sites for hydroxylation is 1. The molecule has 0 aliphatic carbocycles. The first kappa shape index (κ1) is 15.1. The van der Waals surface area contributed by atoms with Gasteiger partial charge in [-0.3, -0.25) is 4.79 Å². The molecule has 0 unspecified atom stereocenters.